The van der Waals surface area contributed by atoms with Crippen molar-refractivity contribution in [3.05, 3.63) is 0 Å². The Morgan fingerprint density at radius 3 is 2.08 bits per heavy atom. The van der Waals surface area contributed by atoms with E-state index in [0.29, 0.717) is 0 Å². The minimum atomic E-state index is -1.29. The summed E-state index contributed by atoms with van der Waals surface area (Å²) < 4.78 is 0. The highest BCUT2D eigenvalue weighted by atomic mass is 16.2. The van der Waals surface area contributed by atoms with Crippen molar-refractivity contribution in [2.24, 2.45) is 22.2 Å². The molecule has 0 saturated carbocycles. The second-order valence-corrected chi connectivity index (χ2v) is 9.38. The summed E-state index contributed by atoms with van der Waals surface area (Å²) in [6.07, 6.45) is 0.245. The smallest absolute Gasteiger partial charge is 0.243 e. The van der Waals surface area contributed by atoms with E-state index in [-0.39, 0.29) is 44.7 Å². The van der Waals surface area contributed by atoms with Gasteiger partial charge in [-0.1, -0.05) is 0 Å². The first-order valence-electron chi connectivity index (χ1n) is 12.8. The molecule has 0 aliphatic carbocycles. The number of nitrogens with two attached hydrogens (primary N) is 3. The molecule has 1 rings (SSSR count). The molecular weight excluding hydrogens is 528 g/mol. The van der Waals surface area contributed by atoms with Crippen molar-refractivity contribution >= 4 is 47.3 Å². The van der Waals surface area contributed by atoms with Crippen molar-refractivity contribution in [3.8, 4) is 0 Å². The second kappa shape index (κ2) is 16.5. The van der Waals surface area contributed by atoms with Gasteiger partial charge in [-0.2, -0.15) is 0 Å². The highest BCUT2D eigenvalue weighted by molar-refractivity contribution is 5.97. The fourth-order valence-electron chi connectivity index (χ4n) is 3.66. The monoisotopic (exact) mass is 568 g/mol. The van der Waals surface area contributed by atoms with Crippen LogP contribution >= 0.6 is 0 Å². The van der Waals surface area contributed by atoms with E-state index in [1.807, 2.05) is 0 Å². The molecule has 7 amide bonds. The van der Waals surface area contributed by atoms with Gasteiger partial charge in [0.2, 0.25) is 41.4 Å². The Kier molecular flexibility index (Phi) is 13.9. The average Bonchev–Trinajstić information content (AvgIpc) is 2.85. The van der Waals surface area contributed by atoms with Gasteiger partial charge in [0.15, 0.2) is 5.96 Å². The maximum Gasteiger partial charge on any atom is 0.243 e. The number of carbonyl (C=O) groups is 7. The van der Waals surface area contributed by atoms with Crippen LogP contribution in [-0.2, 0) is 33.6 Å². The number of aliphatic imine (C=N–C) groups is 1. The molecule has 0 aromatic heterocycles. The molecule has 0 bridgehead atoms. The molecule has 1 saturated heterocycles. The zero-order chi connectivity index (χ0) is 30.4. The van der Waals surface area contributed by atoms with Crippen molar-refractivity contribution in [1.29, 1.82) is 0 Å². The van der Waals surface area contributed by atoms with Gasteiger partial charge in [0.05, 0.1) is 6.42 Å². The number of amides is 7. The normalized spacial score (nSPS) is 25.8. The summed E-state index contributed by atoms with van der Waals surface area (Å²) in [5.41, 5.74) is 16.0. The van der Waals surface area contributed by atoms with Crippen LogP contribution < -0.4 is 49.1 Å². The number of hydrogen-bond donors (Lipinski definition) is 9. The third-order valence-electron chi connectivity index (χ3n) is 5.82. The standard InChI is InChI=1S/C23H40N10O7/c1-11-19(37)32-14(18(24)36)6-4-8-27-17(35)10-16(31-13(3)34)22(40)30-12(2)20(38)33-15(21(39)29-11)7-5-9-28-23(25)26/h11-12,14-16H,4-10H2,1-3H3,(H2,24,36)(H,27,35)(H,29,39)(H,30,40)(H,31,34)(H,32,37)(H,33,38)(H4,25,26,28)/t11-,12-,14-,15-,16-/m0/s1. The molecule has 1 fully saturated rings. The number of nitrogens with zero attached hydrogens (tertiary/aromatic N) is 1. The first kappa shape index (κ1) is 33.6. The predicted octanol–water partition coefficient (Wildman–Crippen LogP) is -4.69. The summed E-state index contributed by atoms with van der Waals surface area (Å²) in [5.74, 6) is -5.06. The maximum atomic E-state index is 13.0. The number of rotatable bonds is 6. The second-order valence-electron chi connectivity index (χ2n) is 9.38. The van der Waals surface area contributed by atoms with E-state index in [0.717, 1.165) is 0 Å². The SMILES string of the molecule is CC(=O)N[C@H]1CC(=O)NCCC[C@@H](C(N)=O)NC(=O)[C@H](C)NC(=O)[C@H](CCCN=C(N)N)NC(=O)[C@H](C)NC1=O. The highest BCUT2D eigenvalue weighted by Gasteiger charge is 2.30. The van der Waals surface area contributed by atoms with Crippen LogP contribution in [0.1, 0.15) is 52.9 Å². The topological polar surface area (TPSA) is 282 Å². The summed E-state index contributed by atoms with van der Waals surface area (Å²) in [7, 11) is 0. The first-order valence-corrected chi connectivity index (χ1v) is 12.8. The lowest BCUT2D eigenvalue weighted by Gasteiger charge is -2.24. The van der Waals surface area contributed by atoms with Crippen molar-refractivity contribution in [2.45, 2.75) is 83.1 Å². The van der Waals surface area contributed by atoms with E-state index in [2.05, 4.69) is 36.9 Å². The Labute approximate surface area is 231 Å². The molecule has 12 N–H and O–H groups in total. The zero-order valence-corrected chi connectivity index (χ0v) is 22.9. The van der Waals surface area contributed by atoms with Crippen LogP contribution in [0.2, 0.25) is 0 Å². The molecule has 0 unspecified atom stereocenters. The van der Waals surface area contributed by atoms with Crippen LogP contribution in [0.5, 0.6) is 0 Å². The number of hydrogen-bond acceptors (Lipinski definition) is 8. The average molecular weight is 569 g/mol. The Morgan fingerprint density at radius 1 is 0.900 bits per heavy atom. The summed E-state index contributed by atoms with van der Waals surface area (Å²) in [6.45, 7) is 4.15. The summed E-state index contributed by atoms with van der Waals surface area (Å²) in [6, 6.07) is -5.79. The van der Waals surface area contributed by atoms with Gasteiger partial charge < -0.3 is 49.1 Å². The van der Waals surface area contributed by atoms with Crippen LogP contribution in [0.25, 0.3) is 0 Å². The highest BCUT2D eigenvalue weighted by Crippen LogP contribution is 2.04. The number of nitrogens with one attached hydrogen (secondary N) is 6. The van der Waals surface area contributed by atoms with Crippen LogP contribution in [0, 0.1) is 0 Å². The van der Waals surface area contributed by atoms with Crippen molar-refractivity contribution < 1.29 is 33.6 Å². The predicted molar refractivity (Wildman–Crippen MR) is 143 cm³/mol. The van der Waals surface area contributed by atoms with Crippen molar-refractivity contribution in [1.82, 2.24) is 31.9 Å². The molecule has 40 heavy (non-hydrogen) atoms. The van der Waals surface area contributed by atoms with Crippen molar-refractivity contribution in [2.75, 3.05) is 13.1 Å². The molecule has 5 atom stereocenters. The molecule has 1 aliphatic heterocycles. The van der Waals surface area contributed by atoms with Gasteiger partial charge in [-0.15, -0.1) is 0 Å². The molecule has 17 heteroatoms. The van der Waals surface area contributed by atoms with E-state index in [1.54, 1.807) is 0 Å². The number of guanidine groups is 1. The van der Waals surface area contributed by atoms with Gasteiger partial charge in [0, 0.05) is 20.0 Å². The molecule has 1 aliphatic rings. The van der Waals surface area contributed by atoms with Crippen LogP contribution in [0.3, 0.4) is 0 Å². The van der Waals surface area contributed by atoms with Crippen LogP contribution in [0.4, 0.5) is 0 Å². The number of carbonyl (C=O) groups excluding carboxylic acids is 7. The summed E-state index contributed by atoms with van der Waals surface area (Å²) in [4.78, 5) is 91.1. The van der Waals surface area contributed by atoms with Gasteiger partial charge >= 0.3 is 0 Å². The molecule has 17 nitrogen and oxygen atoms in total. The third-order valence-corrected chi connectivity index (χ3v) is 5.82. The maximum absolute atomic E-state index is 13.0. The number of primary amides is 1. The molecule has 0 radical (unpaired) electrons. The van der Waals surface area contributed by atoms with Crippen LogP contribution in [-0.4, -0.2) is 90.6 Å². The quantitative estimate of drug-likeness (QED) is 0.0844. The lowest BCUT2D eigenvalue weighted by atomic mass is 10.1. The van der Waals surface area contributed by atoms with E-state index >= 15 is 0 Å². The van der Waals surface area contributed by atoms with Gasteiger partial charge in [-0.3, -0.25) is 38.6 Å². The van der Waals surface area contributed by atoms with E-state index < -0.39 is 78.0 Å². The lowest BCUT2D eigenvalue weighted by Crippen LogP contribution is -2.58. The Hall–Kier alpha value is -4.44. The third kappa shape index (κ3) is 12.4. The zero-order valence-electron chi connectivity index (χ0n) is 22.9. The van der Waals surface area contributed by atoms with Gasteiger partial charge in [0.1, 0.15) is 30.2 Å². The van der Waals surface area contributed by atoms with Crippen molar-refractivity contribution in [3.63, 3.8) is 0 Å². The van der Waals surface area contributed by atoms with E-state index in [1.165, 1.54) is 20.8 Å². The minimum absolute atomic E-state index is 0.0714. The molecular formula is C23H40N10O7. The Bertz CT molecular complexity index is 998. The molecule has 0 spiro atoms. The lowest BCUT2D eigenvalue weighted by molar-refractivity contribution is -0.135. The fraction of sp³-hybridized carbons (Fsp3) is 0.652. The summed E-state index contributed by atoms with van der Waals surface area (Å²) >= 11 is 0. The molecule has 224 valence electrons. The molecule has 0 aromatic carbocycles. The molecule has 0 aromatic rings. The van der Waals surface area contributed by atoms with Gasteiger partial charge in [-0.25, -0.2) is 0 Å². The summed E-state index contributed by atoms with van der Waals surface area (Å²) in [5, 5.41) is 14.8. The largest absolute Gasteiger partial charge is 0.370 e. The van der Waals surface area contributed by atoms with Gasteiger partial charge in [-0.05, 0) is 39.5 Å². The first-order chi connectivity index (χ1) is 18.7. The minimum Gasteiger partial charge on any atom is -0.370 e. The van der Waals surface area contributed by atoms with Crippen LogP contribution in [0.15, 0.2) is 4.99 Å². The fourth-order valence-corrected chi connectivity index (χ4v) is 3.66. The Balaban J connectivity index is 3.22. The molecule has 1 heterocycles. The van der Waals surface area contributed by atoms with E-state index in [4.69, 9.17) is 17.2 Å². The van der Waals surface area contributed by atoms with E-state index in [9.17, 15) is 33.6 Å². The Morgan fingerprint density at radius 2 is 1.50 bits per heavy atom. The van der Waals surface area contributed by atoms with Gasteiger partial charge in [0.25, 0.3) is 0 Å².